The molecule has 0 aromatic carbocycles. The summed E-state index contributed by atoms with van der Waals surface area (Å²) in [4.78, 5) is 23.1. The molecule has 0 unspecified atom stereocenters. The molecule has 0 heterocycles. The van der Waals surface area contributed by atoms with Gasteiger partial charge in [-0.25, -0.2) is 0 Å². The maximum Gasteiger partial charge on any atom is 0.305 e. The first-order valence-corrected chi connectivity index (χ1v) is 9.31. The van der Waals surface area contributed by atoms with Gasteiger partial charge in [0.1, 0.15) is 0 Å². The summed E-state index contributed by atoms with van der Waals surface area (Å²) >= 11 is 0. The predicted octanol–water partition coefficient (Wildman–Crippen LogP) is 5.29. The molecule has 0 saturated heterocycles. The van der Waals surface area contributed by atoms with Crippen molar-refractivity contribution in [3.05, 3.63) is 0 Å². The van der Waals surface area contributed by atoms with Gasteiger partial charge in [0.15, 0.2) is 0 Å². The fraction of sp³-hybridized carbons (Fsp3) is 0.900. The van der Waals surface area contributed by atoms with Crippen molar-refractivity contribution in [2.75, 3.05) is 13.2 Å². The zero-order chi connectivity index (χ0) is 18.6. The lowest BCUT2D eigenvalue weighted by atomic mass is 9.99. The molecule has 0 aliphatic heterocycles. The number of esters is 2. The second-order valence-electron chi connectivity index (χ2n) is 9.06. The van der Waals surface area contributed by atoms with Crippen LogP contribution in [0.2, 0.25) is 0 Å². The molecular weight excluding hydrogens is 304 g/mol. The second kappa shape index (κ2) is 11.5. The van der Waals surface area contributed by atoms with Crippen molar-refractivity contribution in [1.82, 2.24) is 0 Å². The molecular formula is C20H38O4. The lowest BCUT2D eigenvalue weighted by Crippen LogP contribution is -2.18. The van der Waals surface area contributed by atoms with Gasteiger partial charge in [0.05, 0.1) is 13.2 Å². The highest BCUT2D eigenvalue weighted by Crippen LogP contribution is 2.15. The van der Waals surface area contributed by atoms with E-state index in [1.165, 1.54) is 0 Å². The smallest absolute Gasteiger partial charge is 0.305 e. The molecule has 0 atom stereocenters. The van der Waals surface area contributed by atoms with Crippen molar-refractivity contribution < 1.29 is 19.1 Å². The van der Waals surface area contributed by atoms with Gasteiger partial charge in [0, 0.05) is 12.8 Å². The molecule has 142 valence electrons. The number of ether oxygens (including phenoxy) is 2. The summed E-state index contributed by atoms with van der Waals surface area (Å²) in [5.74, 6) is -0.182. The van der Waals surface area contributed by atoms with E-state index in [9.17, 15) is 9.59 Å². The molecule has 0 aliphatic rings. The van der Waals surface area contributed by atoms with Crippen LogP contribution in [0.4, 0.5) is 0 Å². The van der Waals surface area contributed by atoms with Crippen LogP contribution >= 0.6 is 0 Å². The van der Waals surface area contributed by atoms with Gasteiger partial charge in [-0.15, -0.1) is 0 Å². The first-order chi connectivity index (χ1) is 11.0. The molecule has 0 N–H and O–H groups in total. The van der Waals surface area contributed by atoms with E-state index >= 15 is 0 Å². The zero-order valence-corrected chi connectivity index (χ0v) is 16.7. The third kappa shape index (κ3) is 17.3. The van der Waals surface area contributed by atoms with Crippen molar-refractivity contribution in [2.24, 2.45) is 10.8 Å². The first kappa shape index (κ1) is 22.9. The monoisotopic (exact) mass is 342 g/mol. The van der Waals surface area contributed by atoms with E-state index in [0.717, 1.165) is 38.5 Å². The molecule has 4 heteroatoms. The summed E-state index contributed by atoms with van der Waals surface area (Å²) in [6, 6.07) is 0. The topological polar surface area (TPSA) is 52.6 Å². The van der Waals surface area contributed by atoms with Gasteiger partial charge < -0.3 is 9.47 Å². The predicted molar refractivity (Wildman–Crippen MR) is 97.8 cm³/mol. The highest BCUT2D eigenvalue weighted by molar-refractivity contribution is 5.69. The molecule has 0 saturated carbocycles. The lowest BCUT2D eigenvalue weighted by molar-refractivity contribution is -0.147. The Bertz CT molecular complexity index is 325. The van der Waals surface area contributed by atoms with Crippen LogP contribution in [0.3, 0.4) is 0 Å². The zero-order valence-electron chi connectivity index (χ0n) is 16.7. The Hall–Kier alpha value is -1.06. The summed E-state index contributed by atoms with van der Waals surface area (Å²) in [7, 11) is 0. The summed E-state index contributed by atoms with van der Waals surface area (Å²) in [6.45, 7) is 13.3. The van der Waals surface area contributed by atoms with Gasteiger partial charge in [0.2, 0.25) is 0 Å². The van der Waals surface area contributed by atoms with Crippen LogP contribution in [0.5, 0.6) is 0 Å². The van der Waals surface area contributed by atoms with Crippen LogP contribution in [0.1, 0.15) is 92.9 Å². The van der Waals surface area contributed by atoms with Gasteiger partial charge >= 0.3 is 11.9 Å². The Morgan fingerprint density at radius 3 is 1.17 bits per heavy atom. The summed E-state index contributed by atoms with van der Waals surface area (Å²) < 4.78 is 10.5. The number of unbranched alkanes of at least 4 members (excludes halogenated alkanes) is 5. The highest BCUT2D eigenvalue weighted by atomic mass is 16.5. The number of carbonyl (C=O) groups is 2. The van der Waals surface area contributed by atoms with Gasteiger partial charge in [-0.05, 0) is 23.7 Å². The third-order valence-corrected chi connectivity index (χ3v) is 3.34. The van der Waals surface area contributed by atoms with Crippen molar-refractivity contribution in [3.63, 3.8) is 0 Å². The SMILES string of the molecule is CC(C)(C)COC(=O)CCCCCCCCC(=O)OCC(C)(C)C. The van der Waals surface area contributed by atoms with E-state index in [-0.39, 0.29) is 22.8 Å². The molecule has 0 aliphatic carbocycles. The fourth-order valence-electron chi connectivity index (χ4n) is 1.98. The number of hydrogen-bond acceptors (Lipinski definition) is 4. The number of hydrogen-bond donors (Lipinski definition) is 0. The molecule has 0 rings (SSSR count). The standard InChI is InChI=1S/C20H38O4/c1-19(2,3)15-23-17(21)13-11-9-7-8-10-12-14-18(22)24-16-20(4,5)6/h7-16H2,1-6H3. The molecule has 4 nitrogen and oxygen atoms in total. The molecule has 0 aromatic rings. The summed E-state index contributed by atoms with van der Waals surface area (Å²) in [5.41, 5.74) is 0.0629. The largest absolute Gasteiger partial charge is 0.465 e. The van der Waals surface area contributed by atoms with E-state index < -0.39 is 0 Å². The van der Waals surface area contributed by atoms with Gasteiger partial charge in [-0.3, -0.25) is 9.59 Å². The lowest BCUT2D eigenvalue weighted by Gasteiger charge is -2.17. The maximum atomic E-state index is 11.6. The Kier molecular flexibility index (Phi) is 11.0. The second-order valence-corrected chi connectivity index (χ2v) is 9.06. The van der Waals surface area contributed by atoms with Crippen LogP contribution < -0.4 is 0 Å². The van der Waals surface area contributed by atoms with Crippen molar-refractivity contribution in [2.45, 2.75) is 92.9 Å². The average molecular weight is 343 g/mol. The van der Waals surface area contributed by atoms with E-state index in [2.05, 4.69) is 41.5 Å². The van der Waals surface area contributed by atoms with Crippen molar-refractivity contribution >= 4 is 11.9 Å². The molecule has 0 spiro atoms. The molecule has 24 heavy (non-hydrogen) atoms. The Labute approximate surface area is 148 Å². The highest BCUT2D eigenvalue weighted by Gasteiger charge is 2.14. The molecule has 0 amide bonds. The van der Waals surface area contributed by atoms with E-state index in [0.29, 0.717) is 26.1 Å². The Balaban J connectivity index is 3.42. The molecule has 0 fully saturated rings. The molecule has 0 radical (unpaired) electrons. The van der Waals surface area contributed by atoms with E-state index in [4.69, 9.17) is 9.47 Å². The summed E-state index contributed by atoms with van der Waals surface area (Å²) in [5, 5.41) is 0. The molecule has 0 bridgehead atoms. The van der Waals surface area contributed by atoms with Crippen molar-refractivity contribution in [1.29, 1.82) is 0 Å². The van der Waals surface area contributed by atoms with Crippen LogP contribution in [-0.2, 0) is 19.1 Å². The maximum absolute atomic E-state index is 11.6. The normalized spacial score (nSPS) is 12.1. The average Bonchev–Trinajstić information content (AvgIpc) is 2.44. The molecule has 0 aromatic heterocycles. The quantitative estimate of drug-likeness (QED) is 0.378. The minimum Gasteiger partial charge on any atom is -0.465 e. The Morgan fingerprint density at radius 1 is 0.583 bits per heavy atom. The minimum absolute atomic E-state index is 0.0314. The third-order valence-electron chi connectivity index (χ3n) is 3.34. The minimum atomic E-state index is -0.0912. The van der Waals surface area contributed by atoms with Crippen LogP contribution in [0, 0.1) is 10.8 Å². The van der Waals surface area contributed by atoms with Crippen LogP contribution in [0.15, 0.2) is 0 Å². The van der Waals surface area contributed by atoms with E-state index in [1.807, 2.05) is 0 Å². The fourth-order valence-corrected chi connectivity index (χ4v) is 1.98. The first-order valence-electron chi connectivity index (χ1n) is 9.31. The van der Waals surface area contributed by atoms with Gasteiger partial charge in [-0.1, -0.05) is 67.2 Å². The van der Waals surface area contributed by atoms with Crippen LogP contribution in [-0.4, -0.2) is 25.2 Å². The van der Waals surface area contributed by atoms with Gasteiger partial charge in [-0.2, -0.15) is 0 Å². The number of carbonyl (C=O) groups excluding carboxylic acids is 2. The van der Waals surface area contributed by atoms with Gasteiger partial charge in [0.25, 0.3) is 0 Å². The van der Waals surface area contributed by atoms with Crippen LogP contribution in [0.25, 0.3) is 0 Å². The van der Waals surface area contributed by atoms with E-state index in [1.54, 1.807) is 0 Å². The summed E-state index contributed by atoms with van der Waals surface area (Å²) in [6.07, 6.45) is 7.07. The number of rotatable bonds is 11. The Morgan fingerprint density at radius 2 is 0.875 bits per heavy atom. The van der Waals surface area contributed by atoms with Crippen molar-refractivity contribution in [3.8, 4) is 0 Å².